The molecule has 2 rings (SSSR count). The number of aryl methyl sites for hydroxylation is 1. The Morgan fingerprint density at radius 1 is 0.944 bits per heavy atom. The molecule has 0 saturated heterocycles. The molecule has 0 aliphatic rings. The second-order valence-electron chi connectivity index (χ2n) is 4.44. The quantitative estimate of drug-likeness (QED) is 0.829. The van der Waals surface area contributed by atoms with Gasteiger partial charge in [0.05, 0.1) is 0 Å². The van der Waals surface area contributed by atoms with Crippen molar-refractivity contribution in [2.24, 2.45) is 0 Å². The first kappa shape index (κ1) is 12.4. The summed E-state index contributed by atoms with van der Waals surface area (Å²) < 4.78 is 0. The van der Waals surface area contributed by atoms with Crippen molar-refractivity contribution in [1.29, 1.82) is 0 Å². The normalized spacial score (nSPS) is 10.8. The lowest BCUT2D eigenvalue weighted by Crippen LogP contribution is -2.00. The van der Waals surface area contributed by atoms with Gasteiger partial charge >= 0.3 is 0 Å². The van der Waals surface area contributed by atoms with Crippen LogP contribution in [0.15, 0.2) is 54.6 Å². The minimum absolute atomic E-state index is 0.846. The van der Waals surface area contributed by atoms with Gasteiger partial charge in [-0.2, -0.15) is 0 Å². The standard InChI is InChI=1S/C17H19N/c1-14-8-6-12-17(15(14)2)18-13-7-11-16-9-4-3-5-10-16/h3-12,18H,13H2,1-2H3/b11-7+. The van der Waals surface area contributed by atoms with Crippen LogP contribution in [0.5, 0.6) is 0 Å². The number of hydrogen-bond donors (Lipinski definition) is 1. The zero-order valence-electron chi connectivity index (χ0n) is 11.0. The van der Waals surface area contributed by atoms with Gasteiger partial charge in [0.25, 0.3) is 0 Å². The van der Waals surface area contributed by atoms with Crippen molar-refractivity contribution in [2.75, 3.05) is 11.9 Å². The minimum atomic E-state index is 0.846. The van der Waals surface area contributed by atoms with Gasteiger partial charge in [-0.1, -0.05) is 54.6 Å². The summed E-state index contributed by atoms with van der Waals surface area (Å²) in [6.07, 6.45) is 4.29. The fourth-order valence-corrected chi connectivity index (χ4v) is 1.87. The summed E-state index contributed by atoms with van der Waals surface area (Å²) in [5, 5.41) is 3.44. The van der Waals surface area contributed by atoms with Gasteiger partial charge in [0.1, 0.15) is 0 Å². The van der Waals surface area contributed by atoms with E-state index in [-0.39, 0.29) is 0 Å². The van der Waals surface area contributed by atoms with Crippen LogP contribution < -0.4 is 5.32 Å². The summed E-state index contributed by atoms with van der Waals surface area (Å²) in [6.45, 7) is 5.14. The Bertz CT molecular complexity index is 527. The summed E-state index contributed by atoms with van der Waals surface area (Å²) in [6, 6.07) is 16.7. The fourth-order valence-electron chi connectivity index (χ4n) is 1.87. The van der Waals surface area contributed by atoms with E-state index in [4.69, 9.17) is 0 Å². The molecule has 0 aliphatic carbocycles. The molecule has 0 heterocycles. The van der Waals surface area contributed by atoms with E-state index in [0.29, 0.717) is 0 Å². The first-order chi connectivity index (χ1) is 8.77. The van der Waals surface area contributed by atoms with Crippen molar-refractivity contribution >= 4 is 11.8 Å². The lowest BCUT2D eigenvalue weighted by Gasteiger charge is -2.09. The maximum atomic E-state index is 3.44. The van der Waals surface area contributed by atoms with Crippen LogP contribution in [0.3, 0.4) is 0 Å². The largest absolute Gasteiger partial charge is 0.381 e. The Hall–Kier alpha value is -2.02. The van der Waals surface area contributed by atoms with E-state index in [9.17, 15) is 0 Å². The second kappa shape index (κ2) is 6.06. The van der Waals surface area contributed by atoms with E-state index in [1.165, 1.54) is 22.4 Å². The minimum Gasteiger partial charge on any atom is -0.381 e. The maximum absolute atomic E-state index is 3.44. The zero-order valence-corrected chi connectivity index (χ0v) is 11.0. The molecule has 2 aromatic rings. The first-order valence-corrected chi connectivity index (χ1v) is 6.29. The SMILES string of the molecule is Cc1cccc(NC/C=C/c2ccccc2)c1C. The molecule has 0 spiro atoms. The lowest BCUT2D eigenvalue weighted by atomic mass is 10.1. The summed E-state index contributed by atoms with van der Waals surface area (Å²) in [4.78, 5) is 0. The molecule has 0 aliphatic heterocycles. The summed E-state index contributed by atoms with van der Waals surface area (Å²) in [7, 11) is 0. The molecule has 0 atom stereocenters. The number of rotatable bonds is 4. The van der Waals surface area contributed by atoms with E-state index in [2.05, 4.69) is 73.8 Å². The van der Waals surface area contributed by atoms with Gasteiger partial charge < -0.3 is 5.32 Å². The molecule has 2 aromatic carbocycles. The van der Waals surface area contributed by atoms with Crippen LogP contribution >= 0.6 is 0 Å². The number of anilines is 1. The molecule has 18 heavy (non-hydrogen) atoms. The van der Waals surface area contributed by atoms with E-state index in [1.807, 2.05) is 6.07 Å². The Balaban J connectivity index is 1.93. The molecule has 0 aromatic heterocycles. The van der Waals surface area contributed by atoms with E-state index >= 15 is 0 Å². The molecule has 1 nitrogen and oxygen atoms in total. The highest BCUT2D eigenvalue weighted by Gasteiger charge is 1.97. The van der Waals surface area contributed by atoms with Crippen molar-refractivity contribution in [3.05, 3.63) is 71.3 Å². The number of benzene rings is 2. The fraction of sp³-hybridized carbons (Fsp3) is 0.176. The smallest absolute Gasteiger partial charge is 0.0375 e. The summed E-state index contributed by atoms with van der Waals surface area (Å²) in [5.74, 6) is 0. The molecule has 0 saturated carbocycles. The van der Waals surface area contributed by atoms with Crippen LogP contribution in [-0.2, 0) is 0 Å². The molecule has 0 unspecified atom stereocenters. The highest BCUT2D eigenvalue weighted by Crippen LogP contribution is 2.17. The Labute approximate surface area is 109 Å². The highest BCUT2D eigenvalue weighted by atomic mass is 14.9. The molecule has 1 N–H and O–H groups in total. The third-order valence-corrected chi connectivity index (χ3v) is 3.12. The van der Waals surface area contributed by atoms with Crippen LogP contribution in [0, 0.1) is 13.8 Å². The van der Waals surface area contributed by atoms with E-state index in [0.717, 1.165) is 6.54 Å². The van der Waals surface area contributed by atoms with Crippen LogP contribution in [-0.4, -0.2) is 6.54 Å². The predicted octanol–water partition coefficient (Wildman–Crippen LogP) is 4.43. The molecule has 1 heteroatoms. The molecular weight excluding hydrogens is 218 g/mol. The van der Waals surface area contributed by atoms with Gasteiger partial charge in [0.2, 0.25) is 0 Å². The molecule has 0 fully saturated rings. The summed E-state index contributed by atoms with van der Waals surface area (Å²) in [5.41, 5.74) is 5.10. The predicted molar refractivity (Wildman–Crippen MR) is 79.9 cm³/mol. The zero-order chi connectivity index (χ0) is 12.8. The van der Waals surface area contributed by atoms with E-state index in [1.54, 1.807) is 0 Å². The number of hydrogen-bond acceptors (Lipinski definition) is 1. The third-order valence-electron chi connectivity index (χ3n) is 3.12. The van der Waals surface area contributed by atoms with Crippen molar-refractivity contribution in [3.63, 3.8) is 0 Å². The van der Waals surface area contributed by atoms with Gasteiger partial charge in [-0.05, 0) is 36.6 Å². The highest BCUT2D eigenvalue weighted by molar-refractivity contribution is 5.55. The van der Waals surface area contributed by atoms with Crippen LogP contribution in [0.4, 0.5) is 5.69 Å². The lowest BCUT2D eigenvalue weighted by molar-refractivity contribution is 1.27. The average Bonchev–Trinajstić information content (AvgIpc) is 2.40. The molecule has 0 amide bonds. The second-order valence-corrected chi connectivity index (χ2v) is 4.44. The third kappa shape index (κ3) is 3.24. The van der Waals surface area contributed by atoms with Crippen molar-refractivity contribution < 1.29 is 0 Å². The van der Waals surface area contributed by atoms with Gasteiger partial charge in [0.15, 0.2) is 0 Å². The van der Waals surface area contributed by atoms with Gasteiger partial charge in [-0.25, -0.2) is 0 Å². The van der Waals surface area contributed by atoms with Crippen LogP contribution in [0.2, 0.25) is 0 Å². The molecule has 0 bridgehead atoms. The average molecular weight is 237 g/mol. The summed E-state index contributed by atoms with van der Waals surface area (Å²) >= 11 is 0. The number of nitrogens with one attached hydrogen (secondary N) is 1. The first-order valence-electron chi connectivity index (χ1n) is 6.29. The van der Waals surface area contributed by atoms with Gasteiger partial charge in [0, 0.05) is 12.2 Å². The Morgan fingerprint density at radius 2 is 1.72 bits per heavy atom. The van der Waals surface area contributed by atoms with Crippen LogP contribution in [0.25, 0.3) is 6.08 Å². The molecule has 92 valence electrons. The topological polar surface area (TPSA) is 12.0 Å². The van der Waals surface area contributed by atoms with Gasteiger partial charge in [-0.3, -0.25) is 0 Å². The monoisotopic (exact) mass is 237 g/mol. The Kier molecular flexibility index (Phi) is 4.19. The van der Waals surface area contributed by atoms with Crippen molar-refractivity contribution in [3.8, 4) is 0 Å². The molecule has 0 radical (unpaired) electrons. The maximum Gasteiger partial charge on any atom is 0.0375 e. The van der Waals surface area contributed by atoms with Crippen molar-refractivity contribution in [1.82, 2.24) is 0 Å². The molecular formula is C17H19N. The van der Waals surface area contributed by atoms with E-state index < -0.39 is 0 Å². The van der Waals surface area contributed by atoms with Crippen LogP contribution in [0.1, 0.15) is 16.7 Å². The van der Waals surface area contributed by atoms with Gasteiger partial charge in [-0.15, -0.1) is 0 Å². The Morgan fingerprint density at radius 3 is 2.50 bits per heavy atom. The van der Waals surface area contributed by atoms with Crippen molar-refractivity contribution in [2.45, 2.75) is 13.8 Å².